The number of aliphatic hydroxyl groups excluding tert-OH is 1. The van der Waals surface area contributed by atoms with Crippen molar-refractivity contribution in [3.8, 4) is 0 Å². The van der Waals surface area contributed by atoms with Gasteiger partial charge in [-0.3, -0.25) is 13.8 Å². The molecule has 9 heteroatoms. The van der Waals surface area contributed by atoms with Crippen LogP contribution < -0.4 is 5.32 Å². The van der Waals surface area contributed by atoms with E-state index in [2.05, 4.69) is 19.2 Å². The molecular weight excluding hydrogens is 479 g/mol. The van der Waals surface area contributed by atoms with Crippen LogP contribution in [0.4, 0.5) is 0 Å². The number of rotatable bonds is 25. The van der Waals surface area contributed by atoms with E-state index in [1.54, 1.807) is 0 Å². The molecule has 0 aliphatic carbocycles. The van der Waals surface area contributed by atoms with Crippen LogP contribution in [0.15, 0.2) is 0 Å². The van der Waals surface area contributed by atoms with Crippen molar-refractivity contribution in [2.75, 3.05) is 40.9 Å². The molecule has 0 rings (SSSR count). The van der Waals surface area contributed by atoms with Crippen LogP contribution in [-0.2, 0) is 18.4 Å². The predicted molar refractivity (Wildman–Crippen MR) is 148 cm³/mol. The van der Waals surface area contributed by atoms with Gasteiger partial charge in [-0.15, -0.1) is 0 Å². The number of carbonyl (C=O) groups is 1. The number of quaternary nitrogens is 1. The number of hydrogen-bond acceptors (Lipinski definition) is 5. The molecule has 3 unspecified atom stereocenters. The Morgan fingerprint density at radius 2 is 1.33 bits per heavy atom. The van der Waals surface area contributed by atoms with Crippen molar-refractivity contribution >= 4 is 13.7 Å². The van der Waals surface area contributed by atoms with E-state index in [0.29, 0.717) is 23.9 Å². The van der Waals surface area contributed by atoms with Crippen LogP contribution in [-0.4, -0.2) is 73.4 Å². The Balaban J connectivity index is 4.60. The number of phosphoric ester groups is 1. The number of unbranched alkanes of at least 4 members (excludes halogenated alkanes) is 12. The number of carbonyl (C=O) groups excluding carboxylic acids is 1. The molecule has 0 bridgehead atoms. The number of nitrogens with zero attached hydrogens (tertiary/aromatic N) is 1. The number of phosphoric acid groups is 1. The third-order valence-corrected chi connectivity index (χ3v) is 7.34. The minimum absolute atomic E-state index is 0.0764. The van der Waals surface area contributed by atoms with Crippen LogP contribution in [0.2, 0.25) is 0 Å². The third-order valence-electron chi connectivity index (χ3n) is 6.36. The fraction of sp³-hybridized carbons (Fsp3) is 0.963. The molecular formula is C27H58N2O6P+. The lowest BCUT2D eigenvalue weighted by Crippen LogP contribution is -2.46. The SMILES string of the molecule is CCCCCCCCCCCC(O)C(COP(=O)(O)OCC[N+](C)(C)C)NC(=O)CCCCCCC. The van der Waals surface area contributed by atoms with Gasteiger partial charge in [0.2, 0.25) is 5.91 Å². The Hall–Kier alpha value is -0.500. The summed E-state index contributed by atoms with van der Waals surface area (Å²) in [6.07, 6.45) is 15.9. The van der Waals surface area contributed by atoms with Crippen LogP contribution in [0.1, 0.15) is 117 Å². The van der Waals surface area contributed by atoms with Gasteiger partial charge in [0.1, 0.15) is 13.2 Å². The van der Waals surface area contributed by atoms with Gasteiger partial charge >= 0.3 is 7.82 Å². The molecule has 0 aromatic heterocycles. The highest BCUT2D eigenvalue weighted by molar-refractivity contribution is 7.47. The fourth-order valence-electron chi connectivity index (χ4n) is 3.92. The molecule has 0 aromatic carbocycles. The van der Waals surface area contributed by atoms with Crippen LogP contribution in [0, 0.1) is 0 Å². The summed E-state index contributed by atoms with van der Waals surface area (Å²) in [6, 6.07) is -0.746. The van der Waals surface area contributed by atoms with Crippen molar-refractivity contribution in [3.63, 3.8) is 0 Å². The highest BCUT2D eigenvalue weighted by atomic mass is 31.2. The summed E-state index contributed by atoms with van der Waals surface area (Å²) in [5, 5.41) is 13.6. The summed E-state index contributed by atoms with van der Waals surface area (Å²) in [4.78, 5) is 22.5. The first-order valence-electron chi connectivity index (χ1n) is 14.4. The monoisotopic (exact) mass is 537 g/mol. The van der Waals surface area contributed by atoms with E-state index in [1.807, 2.05) is 21.1 Å². The molecule has 0 spiro atoms. The van der Waals surface area contributed by atoms with Gasteiger partial charge in [0.25, 0.3) is 0 Å². The second-order valence-electron chi connectivity index (χ2n) is 11.1. The van der Waals surface area contributed by atoms with E-state index in [0.717, 1.165) is 51.4 Å². The van der Waals surface area contributed by atoms with Gasteiger partial charge in [-0.25, -0.2) is 4.57 Å². The van der Waals surface area contributed by atoms with E-state index in [9.17, 15) is 19.4 Å². The Kier molecular flexibility index (Phi) is 21.1. The van der Waals surface area contributed by atoms with Gasteiger partial charge in [0.05, 0.1) is 39.9 Å². The predicted octanol–water partition coefficient (Wildman–Crippen LogP) is 5.95. The average Bonchev–Trinajstić information content (AvgIpc) is 2.79. The number of hydrogen-bond donors (Lipinski definition) is 3. The van der Waals surface area contributed by atoms with Gasteiger partial charge in [-0.05, 0) is 12.8 Å². The van der Waals surface area contributed by atoms with Crippen LogP contribution in [0.3, 0.4) is 0 Å². The van der Waals surface area contributed by atoms with Crippen LogP contribution >= 0.6 is 7.82 Å². The summed E-state index contributed by atoms with van der Waals surface area (Å²) in [6.45, 7) is 4.73. The normalized spacial score (nSPS) is 15.4. The third kappa shape index (κ3) is 22.7. The molecule has 0 saturated heterocycles. The maximum absolute atomic E-state index is 12.5. The highest BCUT2D eigenvalue weighted by Crippen LogP contribution is 2.43. The van der Waals surface area contributed by atoms with Gasteiger partial charge in [0.15, 0.2) is 0 Å². The van der Waals surface area contributed by atoms with E-state index >= 15 is 0 Å². The summed E-state index contributed by atoms with van der Waals surface area (Å²) >= 11 is 0. The van der Waals surface area contributed by atoms with Crippen LogP contribution in [0.25, 0.3) is 0 Å². The maximum Gasteiger partial charge on any atom is 0.472 e. The second kappa shape index (κ2) is 21.4. The van der Waals surface area contributed by atoms with Crippen LogP contribution in [0.5, 0.6) is 0 Å². The molecule has 0 fully saturated rings. The topological polar surface area (TPSA) is 105 Å². The maximum atomic E-state index is 12.5. The van der Waals surface area contributed by atoms with Crippen molar-refractivity contribution in [2.45, 2.75) is 129 Å². The first-order chi connectivity index (χ1) is 17.0. The number of amides is 1. The van der Waals surface area contributed by atoms with Crippen molar-refractivity contribution < 1.29 is 32.9 Å². The Labute approximate surface area is 221 Å². The molecule has 0 aromatic rings. The highest BCUT2D eigenvalue weighted by Gasteiger charge is 2.28. The molecule has 36 heavy (non-hydrogen) atoms. The van der Waals surface area contributed by atoms with Crippen molar-refractivity contribution in [1.82, 2.24) is 5.32 Å². The first-order valence-corrected chi connectivity index (χ1v) is 15.9. The fourth-order valence-corrected chi connectivity index (χ4v) is 4.66. The zero-order valence-corrected chi connectivity index (χ0v) is 24.9. The number of aliphatic hydroxyl groups is 1. The lowest BCUT2D eigenvalue weighted by atomic mass is 10.0. The number of likely N-dealkylation sites (N-methyl/N-ethyl adjacent to an activating group) is 1. The second-order valence-corrected chi connectivity index (χ2v) is 12.6. The van der Waals surface area contributed by atoms with E-state index < -0.39 is 20.0 Å². The molecule has 216 valence electrons. The molecule has 8 nitrogen and oxygen atoms in total. The molecule has 0 heterocycles. The molecule has 3 atom stereocenters. The van der Waals surface area contributed by atoms with Gasteiger partial charge < -0.3 is 19.8 Å². The summed E-state index contributed by atoms with van der Waals surface area (Å²) in [7, 11) is 1.61. The summed E-state index contributed by atoms with van der Waals surface area (Å²) in [5.74, 6) is -0.162. The van der Waals surface area contributed by atoms with Gasteiger partial charge in [0, 0.05) is 6.42 Å². The molecule has 0 saturated carbocycles. The Morgan fingerprint density at radius 3 is 1.86 bits per heavy atom. The van der Waals surface area contributed by atoms with Crippen molar-refractivity contribution in [1.29, 1.82) is 0 Å². The molecule has 1 amide bonds. The van der Waals surface area contributed by atoms with E-state index in [4.69, 9.17) is 9.05 Å². The zero-order valence-electron chi connectivity index (χ0n) is 24.0. The quantitative estimate of drug-likeness (QED) is 0.0755. The molecule has 0 aliphatic heterocycles. The van der Waals surface area contributed by atoms with E-state index in [-0.39, 0.29) is 19.1 Å². The standard InChI is InChI=1S/C27H57N2O6P/c1-6-8-10-12-13-14-15-17-18-20-26(30)25(28-27(31)21-19-16-11-9-7-2)24-35-36(32,33)34-23-22-29(3,4)5/h25-26,30H,6-24H2,1-5H3,(H-,28,31,32,33)/p+1. The molecule has 0 aliphatic rings. The smallest absolute Gasteiger partial charge is 0.391 e. The van der Waals surface area contributed by atoms with Crippen molar-refractivity contribution in [3.05, 3.63) is 0 Å². The Morgan fingerprint density at radius 1 is 0.833 bits per heavy atom. The largest absolute Gasteiger partial charge is 0.472 e. The Bertz CT molecular complexity index is 585. The van der Waals surface area contributed by atoms with Crippen molar-refractivity contribution in [2.24, 2.45) is 0 Å². The number of nitrogens with one attached hydrogen (secondary N) is 1. The lowest BCUT2D eigenvalue weighted by molar-refractivity contribution is -0.870. The zero-order chi connectivity index (χ0) is 27.3. The molecule has 0 radical (unpaired) electrons. The summed E-state index contributed by atoms with van der Waals surface area (Å²) in [5.41, 5.74) is 0. The van der Waals surface area contributed by atoms with E-state index in [1.165, 1.54) is 38.5 Å². The summed E-state index contributed by atoms with van der Waals surface area (Å²) < 4.78 is 23.2. The average molecular weight is 538 g/mol. The first kappa shape index (κ1) is 35.5. The minimum Gasteiger partial charge on any atom is -0.391 e. The molecule has 3 N–H and O–H groups in total. The minimum atomic E-state index is -4.27. The van der Waals surface area contributed by atoms with Gasteiger partial charge in [-0.1, -0.05) is 97.3 Å². The van der Waals surface area contributed by atoms with Gasteiger partial charge in [-0.2, -0.15) is 0 Å². The lowest BCUT2D eigenvalue weighted by Gasteiger charge is -2.26.